The molecule has 2 N–H and O–H groups in total. The first-order chi connectivity index (χ1) is 12.3. The number of carbonyl (C=O) groups is 4. The predicted octanol–water partition coefficient (Wildman–Crippen LogP) is 0.412. The molecule has 10 heteroatoms. The number of carbonyl (C=O) groups excluding carboxylic acids is 4. The zero-order valence-electron chi connectivity index (χ0n) is 14.2. The highest BCUT2D eigenvalue weighted by atomic mass is 35.5. The monoisotopic (exact) mass is 383 g/mol. The van der Waals surface area contributed by atoms with Crippen LogP contribution in [0.4, 0.5) is 5.69 Å². The first-order valence-electron chi connectivity index (χ1n) is 7.67. The van der Waals surface area contributed by atoms with Crippen molar-refractivity contribution in [3.63, 3.8) is 0 Å². The summed E-state index contributed by atoms with van der Waals surface area (Å²) in [6.45, 7) is 0.737. The van der Waals surface area contributed by atoms with Crippen LogP contribution in [0, 0.1) is 5.92 Å². The molecular weight excluding hydrogens is 366 g/mol. The Balaban J connectivity index is 1.97. The lowest BCUT2D eigenvalue weighted by Gasteiger charge is -2.19. The van der Waals surface area contributed by atoms with Crippen molar-refractivity contribution in [2.45, 2.75) is 13.3 Å². The van der Waals surface area contributed by atoms with Crippen LogP contribution in [-0.4, -0.2) is 44.0 Å². The van der Waals surface area contributed by atoms with Gasteiger partial charge in [-0.05, 0) is 18.2 Å². The van der Waals surface area contributed by atoms with Gasteiger partial charge in [0.15, 0.2) is 6.61 Å². The average Bonchev–Trinajstić information content (AvgIpc) is 2.99. The standard InChI is InChI=1S/C16H18ClN3O6/c1-9(21)18-19-14(22)8-26-16(24)10-5-15(23)20(7-10)12-6-11(17)3-4-13(12)25-2/h3-4,6,10H,5,7-8H2,1-2H3,(H,18,21)(H,19,22)/t10-/m0/s1. The van der Waals surface area contributed by atoms with Crippen molar-refractivity contribution >= 4 is 41.0 Å². The molecule has 1 heterocycles. The molecule has 0 aliphatic carbocycles. The van der Waals surface area contributed by atoms with E-state index in [1.165, 1.54) is 18.9 Å². The molecule has 1 aliphatic rings. The fourth-order valence-corrected chi connectivity index (χ4v) is 2.59. The minimum atomic E-state index is -0.722. The molecule has 0 unspecified atom stereocenters. The fraction of sp³-hybridized carbons (Fsp3) is 0.375. The lowest BCUT2D eigenvalue weighted by Crippen LogP contribution is -2.42. The minimum absolute atomic E-state index is 0.0538. The normalized spacial score (nSPS) is 16.2. The molecular formula is C16H18ClN3O6. The smallest absolute Gasteiger partial charge is 0.311 e. The predicted molar refractivity (Wildman–Crippen MR) is 91.4 cm³/mol. The van der Waals surface area contributed by atoms with Crippen molar-refractivity contribution in [1.82, 2.24) is 10.9 Å². The highest BCUT2D eigenvalue weighted by Crippen LogP contribution is 2.35. The van der Waals surface area contributed by atoms with Gasteiger partial charge in [-0.15, -0.1) is 0 Å². The SMILES string of the molecule is COc1ccc(Cl)cc1N1C[C@@H](C(=O)OCC(=O)NNC(C)=O)CC1=O. The maximum absolute atomic E-state index is 12.3. The van der Waals surface area contributed by atoms with Crippen LogP contribution in [0.3, 0.4) is 0 Å². The lowest BCUT2D eigenvalue weighted by atomic mass is 10.1. The van der Waals surface area contributed by atoms with E-state index in [0.717, 1.165) is 0 Å². The lowest BCUT2D eigenvalue weighted by molar-refractivity contribution is -0.152. The fourth-order valence-electron chi connectivity index (χ4n) is 2.42. The Kier molecular flexibility index (Phi) is 6.40. The van der Waals surface area contributed by atoms with E-state index in [-0.39, 0.29) is 18.9 Å². The highest BCUT2D eigenvalue weighted by Gasteiger charge is 2.37. The number of halogens is 1. The van der Waals surface area contributed by atoms with Gasteiger partial charge in [-0.25, -0.2) is 0 Å². The Morgan fingerprint density at radius 1 is 1.31 bits per heavy atom. The summed E-state index contributed by atoms with van der Waals surface area (Å²) in [6.07, 6.45) is -0.0538. The Morgan fingerprint density at radius 2 is 2.04 bits per heavy atom. The van der Waals surface area contributed by atoms with Gasteiger partial charge in [-0.1, -0.05) is 11.6 Å². The molecule has 3 amide bonds. The number of rotatable bonds is 5. The zero-order valence-corrected chi connectivity index (χ0v) is 15.0. The van der Waals surface area contributed by atoms with Crippen LogP contribution >= 0.6 is 11.6 Å². The third-order valence-electron chi connectivity index (χ3n) is 3.61. The molecule has 0 bridgehead atoms. The number of amides is 3. The molecule has 0 saturated carbocycles. The number of ether oxygens (including phenoxy) is 2. The van der Waals surface area contributed by atoms with Crippen LogP contribution < -0.4 is 20.5 Å². The van der Waals surface area contributed by atoms with E-state index in [1.807, 2.05) is 0 Å². The van der Waals surface area contributed by atoms with Crippen molar-refractivity contribution < 1.29 is 28.7 Å². The maximum atomic E-state index is 12.3. The molecule has 1 aromatic rings. The minimum Gasteiger partial charge on any atom is -0.495 e. The number of hydrogen-bond donors (Lipinski definition) is 2. The van der Waals surface area contributed by atoms with Gasteiger partial charge in [0.1, 0.15) is 5.75 Å². The van der Waals surface area contributed by atoms with E-state index < -0.39 is 30.3 Å². The first-order valence-corrected chi connectivity index (χ1v) is 8.05. The van der Waals surface area contributed by atoms with Crippen LogP contribution in [0.15, 0.2) is 18.2 Å². The number of hydrogen-bond acceptors (Lipinski definition) is 6. The second-order valence-electron chi connectivity index (χ2n) is 5.56. The number of anilines is 1. The van der Waals surface area contributed by atoms with E-state index in [1.54, 1.807) is 18.2 Å². The van der Waals surface area contributed by atoms with Crippen LogP contribution in [0.5, 0.6) is 5.75 Å². The third kappa shape index (κ3) is 4.85. The number of nitrogens with zero attached hydrogens (tertiary/aromatic N) is 1. The van der Waals surface area contributed by atoms with Crippen LogP contribution in [0.25, 0.3) is 0 Å². The largest absolute Gasteiger partial charge is 0.495 e. The number of benzene rings is 1. The summed E-state index contributed by atoms with van der Waals surface area (Å²) < 4.78 is 10.1. The van der Waals surface area contributed by atoms with Gasteiger partial charge in [-0.3, -0.25) is 30.0 Å². The second kappa shape index (κ2) is 8.52. The number of methoxy groups -OCH3 is 1. The molecule has 0 spiro atoms. The average molecular weight is 384 g/mol. The maximum Gasteiger partial charge on any atom is 0.311 e. The molecule has 1 aliphatic heterocycles. The molecule has 1 aromatic carbocycles. The topological polar surface area (TPSA) is 114 Å². The van der Waals surface area contributed by atoms with Crippen molar-refractivity contribution in [3.8, 4) is 5.75 Å². The van der Waals surface area contributed by atoms with E-state index in [0.29, 0.717) is 16.5 Å². The first kappa shape index (κ1) is 19.5. The Hall–Kier alpha value is -2.81. The van der Waals surface area contributed by atoms with Gasteiger partial charge in [0, 0.05) is 24.9 Å². The molecule has 1 fully saturated rings. The van der Waals surface area contributed by atoms with E-state index >= 15 is 0 Å². The quantitative estimate of drug-likeness (QED) is 0.562. The second-order valence-corrected chi connectivity index (χ2v) is 6.00. The summed E-state index contributed by atoms with van der Waals surface area (Å²) in [4.78, 5) is 47.9. The Bertz CT molecular complexity index is 739. The molecule has 0 radical (unpaired) electrons. The number of nitrogens with one attached hydrogen (secondary N) is 2. The van der Waals surface area contributed by atoms with Gasteiger partial charge in [0.25, 0.3) is 5.91 Å². The summed E-state index contributed by atoms with van der Waals surface area (Å²) in [5, 5.41) is 0.425. The number of esters is 1. The summed E-state index contributed by atoms with van der Waals surface area (Å²) in [7, 11) is 1.47. The summed E-state index contributed by atoms with van der Waals surface area (Å²) in [6, 6.07) is 4.83. The van der Waals surface area contributed by atoms with Gasteiger partial charge < -0.3 is 14.4 Å². The van der Waals surface area contributed by atoms with Crippen LogP contribution in [0.1, 0.15) is 13.3 Å². The molecule has 140 valence electrons. The van der Waals surface area contributed by atoms with Crippen molar-refractivity contribution in [2.24, 2.45) is 5.92 Å². The summed E-state index contributed by atoms with van der Waals surface area (Å²) in [5.74, 6) is -2.38. The van der Waals surface area contributed by atoms with Crippen LogP contribution in [-0.2, 0) is 23.9 Å². The van der Waals surface area contributed by atoms with Crippen molar-refractivity contribution in [3.05, 3.63) is 23.2 Å². The summed E-state index contributed by atoms with van der Waals surface area (Å²) >= 11 is 5.98. The van der Waals surface area contributed by atoms with Crippen molar-refractivity contribution in [1.29, 1.82) is 0 Å². The number of hydrazine groups is 1. The van der Waals surface area contributed by atoms with Crippen LogP contribution in [0.2, 0.25) is 5.02 Å². The van der Waals surface area contributed by atoms with E-state index in [9.17, 15) is 19.2 Å². The molecule has 0 aromatic heterocycles. The Morgan fingerprint density at radius 3 is 2.69 bits per heavy atom. The van der Waals surface area contributed by atoms with Gasteiger partial charge in [-0.2, -0.15) is 0 Å². The van der Waals surface area contributed by atoms with Crippen molar-refractivity contribution in [2.75, 3.05) is 25.2 Å². The zero-order chi connectivity index (χ0) is 19.3. The Labute approximate surface area is 154 Å². The van der Waals surface area contributed by atoms with Gasteiger partial charge in [0.2, 0.25) is 11.8 Å². The van der Waals surface area contributed by atoms with Gasteiger partial charge >= 0.3 is 5.97 Å². The molecule has 1 saturated heterocycles. The highest BCUT2D eigenvalue weighted by molar-refractivity contribution is 6.31. The summed E-state index contributed by atoms with van der Waals surface area (Å²) in [5.41, 5.74) is 4.60. The third-order valence-corrected chi connectivity index (χ3v) is 3.85. The molecule has 2 rings (SSSR count). The molecule has 1 atom stereocenters. The van der Waals surface area contributed by atoms with E-state index in [4.69, 9.17) is 21.1 Å². The van der Waals surface area contributed by atoms with Gasteiger partial charge in [0.05, 0.1) is 18.7 Å². The molecule has 9 nitrogen and oxygen atoms in total. The molecule has 26 heavy (non-hydrogen) atoms. The van der Waals surface area contributed by atoms with E-state index in [2.05, 4.69) is 10.9 Å².